The van der Waals surface area contributed by atoms with Gasteiger partial charge in [-0.05, 0) is 136 Å². The number of aromatic carboxylic acids is 1. The van der Waals surface area contributed by atoms with Crippen molar-refractivity contribution >= 4 is 69.8 Å². The first-order valence-electron chi connectivity index (χ1n) is 33.8. The van der Waals surface area contributed by atoms with E-state index >= 15 is 0 Å². The fourth-order valence-corrected chi connectivity index (χ4v) is 13.5. The number of ether oxygens (including phenoxy) is 7. The van der Waals surface area contributed by atoms with Gasteiger partial charge in [-0.15, -0.1) is 0 Å². The van der Waals surface area contributed by atoms with Crippen LogP contribution in [0.5, 0.6) is 17.2 Å². The summed E-state index contributed by atoms with van der Waals surface area (Å²) < 4.78 is 98.6. The minimum absolute atomic E-state index is 0.0560. The Kier molecular flexibility index (Phi) is 21.1. The SMILES string of the molecule is CC1(C)OB(C2=CCOCC2)OC1(C)C.CCOC(=O)c1cn2c(NCc3c(F)ccc4c3CCO4)ncc(Br)c2n1.N#Cc1cn2c(NCc3c(F)ccc4c3CCO4)ncc(C3CCOCC3)c2n1.O=C(O)c1cn2c(NCc3c(F)ccc4c3CCO4)ncc(C3CCOCC3)c2n1. The van der Waals surface area contributed by atoms with Crippen LogP contribution in [0, 0.1) is 28.8 Å². The van der Waals surface area contributed by atoms with Crippen LogP contribution in [-0.4, -0.2) is 145 Å². The molecule has 0 amide bonds. The third-order valence-electron chi connectivity index (χ3n) is 19.3. The number of fused-ring (bicyclic) bond motifs is 6. The molecule has 3 fully saturated rings. The quantitative estimate of drug-likeness (QED) is 0.0548. The summed E-state index contributed by atoms with van der Waals surface area (Å²) >= 11 is 3.38. The van der Waals surface area contributed by atoms with Crippen molar-refractivity contribution in [2.24, 2.45) is 0 Å². The van der Waals surface area contributed by atoms with E-state index in [1.807, 2.05) is 6.20 Å². The Hall–Kier alpha value is -9.38. The normalized spacial score (nSPS) is 17.3. The summed E-state index contributed by atoms with van der Waals surface area (Å²) in [5.41, 5.74) is 9.18. The number of imidazole rings is 3. The van der Waals surface area contributed by atoms with Crippen LogP contribution in [0.4, 0.5) is 31.0 Å². The maximum atomic E-state index is 14.5. The highest BCUT2D eigenvalue weighted by Crippen LogP contribution is 2.41. The lowest BCUT2D eigenvalue weighted by atomic mass is 9.75. The van der Waals surface area contributed by atoms with E-state index in [-0.39, 0.29) is 79.3 Å². The number of carboxylic acid groups (broad SMARTS) is 1. The highest BCUT2D eigenvalue weighted by molar-refractivity contribution is 9.10. The number of nitriles is 1. The molecule has 0 aliphatic carbocycles. The number of hydrogen-bond acceptors (Lipinski definition) is 21. The maximum Gasteiger partial charge on any atom is 0.490 e. The Morgan fingerprint density at radius 2 is 1.06 bits per heavy atom. The molecule has 3 aromatic carbocycles. The number of halogens is 4. The van der Waals surface area contributed by atoms with Gasteiger partial charge in [0.2, 0.25) is 17.8 Å². The molecule has 25 nitrogen and oxygen atoms in total. The van der Waals surface area contributed by atoms with E-state index in [4.69, 9.17) is 42.5 Å². The van der Waals surface area contributed by atoms with Crippen LogP contribution < -0.4 is 30.2 Å². The van der Waals surface area contributed by atoms with Gasteiger partial charge in [0.1, 0.15) is 52.1 Å². The molecular formula is C71H76BBrF3N13O12. The molecule has 30 heteroatoms. The second-order valence-corrected chi connectivity index (χ2v) is 26.8. The van der Waals surface area contributed by atoms with Crippen molar-refractivity contribution in [1.82, 2.24) is 43.1 Å². The monoisotopic (exact) mass is 1450 g/mol. The summed E-state index contributed by atoms with van der Waals surface area (Å²) in [6.07, 6.45) is 18.3. The Labute approximate surface area is 588 Å². The molecule has 3 saturated heterocycles. The predicted octanol–water partition coefficient (Wildman–Crippen LogP) is 11.5. The summed E-state index contributed by atoms with van der Waals surface area (Å²) in [6.45, 7) is 16.9. The number of nitrogens with zero attached hydrogens (tertiary/aromatic N) is 10. The van der Waals surface area contributed by atoms with Crippen molar-refractivity contribution in [2.75, 3.05) is 82.0 Å². The maximum absolute atomic E-state index is 14.5. The van der Waals surface area contributed by atoms with Gasteiger partial charge in [0, 0.05) is 141 Å². The average molecular weight is 1450 g/mol. The molecule has 101 heavy (non-hydrogen) atoms. The zero-order valence-electron chi connectivity index (χ0n) is 56.5. The molecule has 13 heterocycles. The lowest BCUT2D eigenvalue weighted by Gasteiger charge is -2.32. The Morgan fingerprint density at radius 1 is 0.614 bits per heavy atom. The highest BCUT2D eigenvalue weighted by Gasteiger charge is 2.52. The van der Waals surface area contributed by atoms with E-state index in [1.54, 1.807) is 63.1 Å². The van der Waals surface area contributed by atoms with E-state index in [0.717, 1.165) is 72.3 Å². The van der Waals surface area contributed by atoms with Crippen molar-refractivity contribution < 1.29 is 70.3 Å². The average Bonchev–Trinajstić information content (AvgIpc) is 1.70. The Morgan fingerprint density at radius 3 is 1.51 bits per heavy atom. The molecule has 7 aliphatic heterocycles. The lowest BCUT2D eigenvalue weighted by molar-refractivity contribution is 0.00578. The fourth-order valence-electron chi connectivity index (χ4n) is 13.2. The first kappa shape index (κ1) is 70.1. The number of benzene rings is 3. The van der Waals surface area contributed by atoms with E-state index in [2.05, 4.69) is 102 Å². The first-order chi connectivity index (χ1) is 48.9. The summed E-state index contributed by atoms with van der Waals surface area (Å²) in [5.74, 6) is 1.57. The zero-order valence-corrected chi connectivity index (χ0v) is 58.1. The molecule has 0 radical (unpaired) electrons. The third kappa shape index (κ3) is 15.0. The van der Waals surface area contributed by atoms with Gasteiger partial charge in [-0.1, -0.05) is 6.08 Å². The number of rotatable bonds is 15. The first-order valence-corrected chi connectivity index (χ1v) is 34.5. The molecule has 4 N–H and O–H groups in total. The van der Waals surface area contributed by atoms with Crippen molar-refractivity contribution in [1.29, 1.82) is 5.26 Å². The molecule has 528 valence electrons. The molecule has 6 aromatic heterocycles. The molecule has 0 spiro atoms. The van der Waals surface area contributed by atoms with Crippen LogP contribution in [0.25, 0.3) is 16.9 Å². The number of carboxylic acids is 1. The van der Waals surface area contributed by atoms with Gasteiger partial charge < -0.3 is 63.5 Å². The van der Waals surface area contributed by atoms with Crippen molar-refractivity contribution in [2.45, 2.75) is 129 Å². The lowest BCUT2D eigenvalue weighted by Crippen LogP contribution is -2.41. The smallest absolute Gasteiger partial charge is 0.490 e. The number of carbonyl (C=O) groups is 2. The molecule has 16 rings (SSSR count). The van der Waals surface area contributed by atoms with Crippen molar-refractivity contribution in [3.05, 3.63) is 169 Å². The summed E-state index contributed by atoms with van der Waals surface area (Å²) in [6, 6.07) is 11.3. The molecule has 0 saturated carbocycles. The molecular weight excluding hydrogens is 1370 g/mol. The van der Waals surface area contributed by atoms with E-state index in [0.29, 0.717) is 151 Å². The Balaban J connectivity index is 0.000000123. The number of nitrogens with one attached hydrogen (secondary N) is 3. The summed E-state index contributed by atoms with van der Waals surface area (Å²) in [7, 11) is -0.182. The molecule has 0 unspecified atom stereocenters. The predicted molar refractivity (Wildman–Crippen MR) is 368 cm³/mol. The van der Waals surface area contributed by atoms with Gasteiger partial charge in [0.25, 0.3) is 0 Å². The number of anilines is 3. The minimum atomic E-state index is -1.10. The standard InChI is InChI=1S/C21H20FN5O2.C21H21FN4O4.C18H16BrFN4O3.C11H19BO3/c22-18-1-2-19-15(5-8-29-19)17(18)11-25-21-24-10-16(13-3-6-28-7-4-13)20-26-14(9-23)12-27(20)21;22-16-1-2-18-13(5-8-30-18)15(16)10-24-21-23-9-14(12-3-6-29-7-4-12)19-25-17(20(27)28)11-26(19)21;1-2-26-17(25)14-9-24-16(23-14)12(19)8-22-18(24)21-7-11-10-5-6-27-15(10)4-3-13(11)20;1-10(2)11(3,4)15-12(14-10)9-5-7-13-8-6-9/h1-2,10,12-13H,3-8,11H2,(H,24,25);1-2,9,11-12H,3-8,10H2,(H,23,24)(H,27,28);3-4,8-9H,2,5-7H2,1H3,(H,21,22);5H,6-8H2,1-4H3. The topological polar surface area (TPSA) is 288 Å². The third-order valence-corrected chi connectivity index (χ3v) is 19.8. The number of aromatic nitrogens is 9. The minimum Gasteiger partial charge on any atom is -0.493 e. The number of esters is 1. The Bertz CT molecular complexity index is 4650. The molecule has 0 atom stereocenters. The van der Waals surface area contributed by atoms with Gasteiger partial charge in [-0.3, -0.25) is 13.2 Å². The van der Waals surface area contributed by atoms with E-state index < -0.39 is 11.9 Å². The van der Waals surface area contributed by atoms with Crippen LogP contribution in [0.15, 0.2) is 89.6 Å². The fraction of sp³-hybridized carbons (Fsp3) is 0.423. The van der Waals surface area contributed by atoms with E-state index in [9.17, 15) is 33.1 Å². The van der Waals surface area contributed by atoms with Crippen molar-refractivity contribution in [3.8, 4) is 23.3 Å². The number of carbonyl (C=O) groups excluding carboxylic acids is 1. The van der Waals surface area contributed by atoms with Gasteiger partial charge in [0.05, 0.1) is 61.5 Å². The van der Waals surface area contributed by atoms with Gasteiger partial charge in [0.15, 0.2) is 22.7 Å². The molecule has 9 aromatic rings. The number of hydrogen-bond donors (Lipinski definition) is 4. The van der Waals surface area contributed by atoms with Crippen LogP contribution in [-0.2, 0) is 67.2 Å². The van der Waals surface area contributed by atoms with Crippen LogP contribution in [0.1, 0.15) is 150 Å². The highest BCUT2D eigenvalue weighted by atomic mass is 79.9. The zero-order chi connectivity index (χ0) is 70.5. The van der Waals surface area contributed by atoms with Gasteiger partial charge >= 0.3 is 19.1 Å². The van der Waals surface area contributed by atoms with Crippen LogP contribution >= 0.6 is 15.9 Å². The van der Waals surface area contributed by atoms with Gasteiger partial charge in [-0.2, -0.15) is 5.26 Å². The largest absolute Gasteiger partial charge is 0.493 e. The summed E-state index contributed by atoms with van der Waals surface area (Å²) in [4.78, 5) is 50.0. The van der Waals surface area contributed by atoms with Gasteiger partial charge in [-0.25, -0.2) is 52.7 Å². The van der Waals surface area contributed by atoms with Crippen LogP contribution in [0.3, 0.4) is 0 Å². The second-order valence-electron chi connectivity index (χ2n) is 25.9. The van der Waals surface area contributed by atoms with Crippen molar-refractivity contribution in [3.63, 3.8) is 0 Å². The molecule has 0 bridgehead atoms. The molecule has 7 aliphatic rings. The van der Waals surface area contributed by atoms with E-state index in [1.165, 1.54) is 29.9 Å². The summed E-state index contributed by atoms with van der Waals surface area (Å²) in [5, 5.41) is 28.3. The van der Waals surface area contributed by atoms with Crippen LogP contribution in [0.2, 0.25) is 0 Å². The second kappa shape index (κ2) is 30.4.